The van der Waals surface area contributed by atoms with Crippen LogP contribution in [0.4, 0.5) is 13.2 Å². The molecule has 0 aliphatic heterocycles. The van der Waals surface area contributed by atoms with Crippen molar-refractivity contribution in [2.45, 2.75) is 12.6 Å². The maximum atomic E-state index is 12.6. The molecule has 0 saturated carbocycles. The molecule has 2 rings (SSSR count). The quantitative estimate of drug-likeness (QED) is 0.788. The molecule has 0 radical (unpaired) electrons. The first kappa shape index (κ1) is 12.1. The van der Waals surface area contributed by atoms with Gasteiger partial charge in [0.25, 0.3) is 0 Å². The summed E-state index contributed by atoms with van der Waals surface area (Å²) in [5, 5.41) is 8.63. The van der Waals surface area contributed by atoms with Crippen LogP contribution in [-0.4, -0.2) is 4.98 Å². The summed E-state index contributed by atoms with van der Waals surface area (Å²) in [5.41, 5.74) is -0.683. The minimum atomic E-state index is -4.50. The van der Waals surface area contributed by atoms with Gasteiger partial charge >= 0.3 is 6.18 Å². The Balaban J connectivity index is 2.61. The molecule has 0 aliphatic rings. The number of nitriles is 1. The molecule has 2 aromatic rings. The first-order chi connectivity index (χ1) is 7.91. The highest BCUT2D eigenvalue weighted by atomic mass is 35.5. The summed E-state index contributed by atoms with van der Waals surface area (Å²) in [5.74, 6) is 0. The van der Waals surface area contributed by atoms with E-state index in [1.165, 1.54) is 17.4 Å². The largest absolute Gasteiger partial charge is 0.417 e. The molecule has 0 N–H and O–H groups in total. The molecule has 2 nitrogen and oxygen atoms in total. The fourth-order valence-corrected chi connectivity index (χ4v) is 2.61. The van der Waals surface area contributed by atoms with Crippen molar-refractivity contribution in [1.29, 1.82) is 5.26 Å². The number of aromatic nitrogens is 1. The van der Waals surface area contributed by atoms with Crippen LogP contribution in [0.25, 0.3) is 10.2 Å². The van der Waals surface area contributed by atoms with E-state index in [0.717, 1.165) is 6.07 Å². The van der Waals surface area contributed by atoms with Gasteiger partial charge in [-0.1, -0.05) is 11.6 Å². The van der Waals surface area contributed by atoms with Crippen LogP contribution in [-0.2, 0) is 12.6 Å². The third-order valence-corrected chi connectivity index (χ3v) is 3.39. The standard InChI is InChI=1S/C10H4ClF3N2S/c11-6-4-8-7(3-5(6)10(12,13)14)16-9(17-8)1-2-15/h3-4H,1H2. The van der Waals surface area contributed by atoms with E-state index >= 15 is 0 Å². The Morgan fingerprint density at radius 3 is 2.71 bits per heavy atom. The van der Waals surface area contributed by atoms with Crippen molar-refractivity contribution in [2.24, 2.45) is 0 Å². The van der Waals surface area contributed by atoms with Gasteiger partial charge in [0.15, 0.2) is 0 Å². The molecule has 1 heterocycles. The number of hydrogen-bond donors (Lipinski definition) is 0. The summed E-state index contributed by atoms with van der Waals surface area (Å²) in [7, 11) is 0. The van der Waals surface area contributed by atoms with E-state index in [-0.39, 0.29) is 17.0 Å². The molecule has 0 amide bonds. The zero-order valence-corrected chi connectivity index (χ0v) is 9.75. The molecule has 1 aromatic heterocycles. The van der Waals surface area contributed by atoms with Gasteiger partial charge in [-0.05, 0) is 12.1 Å². The number of halogens is 4. The van der Waals surface area contributed by atoms with E-state index < -0.39 is 11.7 Å². The lowest BCUT2D eigenvalue weighted by Gasteiger charge is -2.07. The highest BCUT2D eigenvalue weighted by molar-refractivity contribution is 7.18. The van der Waals surface area contributed by atoms with Gasteiger partial charge in [-0.3, -0.25) is 0 Å². The molecule has 0 saturated heterocycles. The van der Waals surface area contributed by atoms with Crippen LogP contribution in [0, 0.1) is 11.3 Å². The van der Waals surface area contributed by atoms with Gasteiger partial charge in [0.2, 0.25) is 0 Å². The van der Waals surface area contributed by atoms with Crippen molar-refractivity contribution in [3.63, 3.8) is 0 Å². The number of nitrogens with zero attached hydrogens (tertiary/aromatic N) is 2. The van der Waals surface area contributed by atoms with Crippen LogP contribution in [0.2, 0.25) is 5.02 Å². The zero-order chi connectivity index (χ0) is 12.6. The molecular formula is C10H4ClF3N2S. The van der Waals surface area contributed by atoms with Gasteiger partial charge in [-0.15, -0.1) is 11.3 Å². The van der Waals surface area contributed by atoms with Gasteiger partial charge in [0.1, 0.15) is 5.01 Å². The van der Waals surface area contributed by atoms with E-state index in [2.05, 4.69) is 4.98 Å². The van der Waals surface area contributed by atoms with Crippen LogP contribution in [0.3, 0.4) is 0 Å². The van der Waals surface area contributed by atoms with Crippen molar-refractivity contribution in [3.8, 4) is 6.07 Å². The molecule has 0 aliphatic carbocycles. The third kappa shape index (κ3) is 2.35. The lowest BCUT2D eigenvalue weighted by atomic mass is 10.2. The predicted octanol–water partition coefficient (Wildman–Crippen LogP) is 4.03. The Hall–Kier alpha value is -1.32. The maximum absolute atomic E-state index is 12.6. The molecule has 0 unspecified atom stereocenters. The molecule has 88 valence electrons. The average molecular weight is 277 g/mol. The van der Waals surface area contributed by atoms with E-state index in [1.54, 1.807) is 0 Å². The Labute approximate surface area is 103 Å². The van der Waals surface area contributed by atoms with Crippen LogP contribution >= 0.6 is 22.9 Å². The van der Waals surface area contributed by atoms with Crippen LogP contribution < -0.4 is 0 Å². The van der Waals surface area contributed by atoms with Crippen molar-refractivity contribution in [3.05, 3.63) is 27.7 Å². The molecule has 7 heteroatoms. The summed E-state index contributed by atoms with van der Waals surface area (Å²) >= 11 is 6.74. The zero-order valence-electron chi connectivity index (χ0n) is 8.18. The average Bonchev–Trinajstić information content (AvgIpc) is 2.57. The molecule has 1 aromatic carbocycles. The monoisotopic (exact) mass is 276 g/mol. The number of thiazole rings is 1. The predicted molar refractivity (Wildman–Crippen MR) is 58.9 cm³/mol. The first-order valence-corrected chi connectivity index (χ1v) is 5.64. The Bertz CT molecular complexity index is 612. The van der Waals surface area contributed by atoms with Gasteiger partial charge in [0, 0.05) is 0 Å². The summed E-state index contributed by atoms with van der Waals surface area (Å²) in [6.45, 7) is 0. The van der Waals surface area contributed by atoms with Gasteiger partial charge < -0.3 is 0 Å². The molecule has 0 atom stereocenters. The van der Waals surface area contributed by atoms with Crippen molar-refractivity contribution >= 4 is 33.2 Å². The van der Waals surface area contributed by atoms with Crippen LogP contribution in [0.15, 0.2) is 12.1 Å². The highest BCUT2D eigenvalue weighted by Crippen LogP contribution is 2.38. The summed E-state index contributed by atoms with van der Waals surface area (Å²) in [4.78, 5) is 3.96. The van der Waals surface area contributed by atoms with E-state index in [1.807, 2.05) is 6.07 Å². The smallest absolute Gasteiger partial charge is 0.240 e. The minimum absolute atomic E-state index is 0.0817. The Morgan fingerprint density at radius 2 is 2.12 bits per heavy atom. The SMILES string of the molecule is N#CCc1nc2cc(C(F)(F)F)c(Cl)cc2s1. The third-order valence-electron chi connectivity index (χ3n) is 2.06. The summed E-state index contributed by atoms with van der Waals surface area (Å²) in [6, 6.07) is 4.04. The highest BCUT2D eigenvalue weighted by Gasteiger charge is 2.33. The van der Waals surface area contributed by atoms with Gasteiger partial charge in [-0.2, -0.15) is 18.4 Å². The lowest BCUT2D eigenvalue weighted by molar-refractivity contribution is -0.137. The van der Waals surface area contributed by atoms with E-state index in [4.69, 9.17) is 16.9 Å². The summed E-state index contributed by atoms with van der Waals surface area (Å²) < 4.78 is 38.3. The number of benzene rings is 1. The number of rotatable bonds is 1. The fraction of sp³-hybridized carbons (Fsp3) is 0.200. The molecule has 0 bridgehead atoms. The molecule has 17 heavy (non-hydrogen) atoms. The van der Waals surface area contributed by atoms with E-state index in [0.29, 0.717) is 9.71 Å². The Kier molecular flexibility index (Phi) is 2.98. The maximum Gasteiger partial charge on any atom is 0.417 e. The molecule has 0 spiro atoms. The van der Waals surface area contributed by atoms with Crippen LogP contribution in [0.5, 0.6) is 0 Å². The lowest BCUT2D eigenvalue weighted by Crippen LogP contribution is -2.05. The molecule has 0 fully saturated rings. The number of fused-ring (bicyclic) bond motifs is 1. The normalized spacial score (nSPS) is 11.7. The number of hydrogen-bond acceptors (Lipinski definition) is 3. The van der Waals surface area contributed by atoms with Crippen molar-refractivity contribution in [2.75, 3.05) is 0 Å². The van der Waals surface area contributed by atoms with Crippen LogP contribution in [0.1, 0.15) is 10.6 Å². The fourth-order valence-electron chi connectivity index (χ4n) is 1.36. The first-order valence-electron chi connectivity index (χ1n) is 4.45. The summed E-state index contributed by atoms with van der Waals surface area (Å²) in [6.07, 6.45) is -4.41. The minimum Gasteiger partial charge on any atom is -0.240 e. The van der Waals surface area contributed by atoms with Gasteiger partial charge in [-0.25, -0.2) is 4.98 Å². The second-order valence-electron chi connectivity index (χ2n) is 3.24. The molecular weight excluding hydrogens is 273 g/mol. The number of alkyl halides is 3. The second-order valence-corrected chi connectivity index (χ2v) is 4.76. The van der Waals surface area contributed by atoms with Crippen molar-refractivity contribution in [1.82, 2.24) is 4.98 Å². The Morgan fingerprint density at radius 1 is 1.41 bits per heavy atom. The topological polar surface area (TPSA) is 36.7 Å². The van der Waals surface area contributed by atoms with Gasteiger partial charge in [0.05, 0.1) is 33.3 Å². The van der Waals surface area contributed by atoms with Crippen molar-refractivity contribution < 1.29 is 13.2 Å². The second kappa shape index (κ2) is 4.17. The van der Waals surface area contributed by atoms with E-state index in [9.17, 15) is 13.2 Å².